The highest BCUT2D eigenvalue weighted by Gasteiger charge is 2.22. The molecule has 0 radical (unpaired) electrons. The summed E-state index contributed by atoms with van der Waals surface area (Å²) in [6.07, 6.45) is 0. The fraction of sp³-hybridized carbons (Fsp3) is 0.312. The maximum absolute atomic E-state index is 7.64. The van der Waals surface area contributed by atoms with Crippen LogP contribution in [-0.4, -0.2) is 0 Å². The molecule has 0 N–H and O–H groups in total. The molecular formula is C80H100N5+5. The molecule has 0 aliphatic carbocycles. The van der Waals surface area contributed by atoms with Crippen molar-refractivity contribution in [2.24, 2.45) is 35.2 Å². The lowest BCUT2D eigenvalue weighted by atomic mass is 9.98. The smallest absolute Gasteiger partial charge is 0.198 e. The third-order valence-electron chi connectivity index (χ3n) is 17.9. The summed E-state index contributed by atoms with van der Waals surface area (Å²) in [5.41, 5.74) is 35.5. The number of nitrogens with zero attached hydrogens (tertiary/aromatic N) is 5. The summed E-state index contributed by atoms with van der Waals surface area (Å²) in [7, 11) is 10.4. The number of pyridine rings is 5. The summed E-state index contributed by atoms with van der Waals surface area (Å²) in [5.74, 6) is 0. The molecule has 0 aliphatic heterocycles. The van der Waals surface area contributed by atoms with Gasteiger partial charge in [-0.15, -0.1) is 0 Å². The van der Waals surface area contributed by atoms with Gasteiger partial charge in [0.2, 0.25) is 28.5 Å². The van der Waals surface area contributed by atoms with Crippen LogP contribution in [-0.2, 0) is 35.2 Å². The van der Waals surface area contributed by atoms with Crippen LogP contribution in [0.2, 0.25) is 0 Å². The Labute approximate surface area is 522 Å². The van der Waals surface area contributed by atoms with Gasteiger partial charge in [-0.05, 0) is 202 Å². The standard InChI is InChI=1S/5C16H20N/c1-11-6-8-15(13(3)10-11)16-9-7-12(2)14(4)17(16)5;2*1-11-7-6-8-15(13(11)3)16-10-9-12(2)14(4)17(16)5;2*1-11-8-6-7-9-15(11)16-14(4)12(2)10-13(3)17(16)5/h5*6-10H,1-5H3/q5*+1/i;1D3,2D3;;;. The van der Waals surface area contributed by atoms with Crippen molar-refractivity contribution >= 4 is 0 Å². The number of aromatic nitrogens is 5. The van der Waals surface area contributed by atoms with Gasteiger partial charge >= 0.3 is 0 Å². The highest BCUT2D eigenvalue weighted by molar-refractivity contribution is 5.67. The van der Waals surface area contributed by atoms with Gasteiger partial charge in [0.25, 0.3) is 0 Å². The van der Waals surface area contributed by atoms with Gasteiger partial charge in [0, 0.05) is 129 Å². The van der Waals surface area contributed by atoms with E-state index in [9.17, 15) is 0 Å². The minimum atomic E-state index is -2.17. The van der Waals surface area contributed by atoms with E-state index in [1.807, 2.05) is 6.07 Å². The molecule has 5 heterocycles. The Balaban J connectivity index is 0.000000182. The van der Waals surface area contributed by atoms with Crippen LogP contribution in [0.1, 0.15) is 120 Å². The molecule has 0 bridgehead atoms. The van der Waals surface area contributed by atoms with E-state index in [1.54, 1.807) is 49.7 Å². The molecule has 0 fully saturated rings. The maximum atomic E-state index is 7.64. The zero-order valence-electron chi connectivity index (χ0n) is 61.7. The van der Waals surface area contributed by atoms with Gasteiger partial charge in [0.05, 0.1) is 0 Å². The molecule has 5 heteroatoms. The Bertz CT molecular complexity index is 4140. The molecule has 0 unspecified atom stereocenters. The van der Waals surface area contributed by atoms with Crippen LogP contribution >= 0.6 is 0 Å². The van der Waals surface area contributed by atoms with Gasteiger partial charge in [0.1, 0.15) is 35.2 Å². The first kappa shape index (κ1) is 57.3. The van der Waals surface area contributed by atoms with Crippen molar-refractivity contribution in [1.82, 2.24) is 0 Å². The van der Waals surface area contributed by atoms with E-state index in [2.05, 4.69) is 279 Å². The molecule has 0 amide bonds. The van der Waals surface area contributed by atoms with E-state index in [-0.39, 0.29) is 0 Å². The number of hydrogen-bond acceptors (Lipinski definition) is 0. The lowest BCUT2D eigenvalue weighted by Crippen LogP contribution is -2.36. The second kappa shape index (κ2) is 28.6. The van der Waals surface area contributed by atoms with Gasteiger partial charge in [-0.3, -0.25) is 0 Å². The maximum Gasteiger partial charge on any atom is 0.215 e. The summed E-state index contributed by atoms with van der Waals surface area (Å²) in [6.45, 7) is 34.0. The van der Waals surface area contributed by atoms with Crippen molar-refractivity contribution in [2.75, 3.05) is 0 Å². The summed E-state index contributed by atoms with van der Waals surface area (Å²) in [6, 6.07) is 52.1. The number of benzene rings is 5. The zero-order chi connectivity index (χ0) is 67.9. The number of hydrogen-bond donors (Lipinski definition) is 0. The molecule has 0 atom stereocenters. The van der Waals surface area contributed by atoms with Crippen LogP contribution < -0.4 is 22.8 Å². The van der Waals surface area contributed by atoms with E-state index in [1.165, 1.54) is 135 Å². The fourth-order valence-corrected chi connectivity index (χ4v) is 11.1. The largest absolute Gasteiger partial charge is 0.215 e. The van der Waals surface area contributed by atoms with Crippen LogP contribution in [0.5, 0.6) is 0 Å². The molecule has 5 nitrogen and oxygen atoms in total. The topological polar surface area (TPSA) is 19.4 Å². The van der Waals surface area contributed by atoms with Crippen molar-refractivity contribution in [3.8, 4) is 56.3 Å². The van der Waals surface area contributed by atoms with Crippen molar-refractivity contribution < 1.29 is 31.1 Å². The average molecular weight is 1140 g/mol. The Morgan fingerprint density at radius 2 is 0.600 bits per heavy atom. The minimum absolute atomic E-state index is 0.299. The molecule has 10 aromatic rings. The summed E-state index contributed by atoms with van der Waals surface area (Å²) >= 11 is 0. The average Bonchev–Trinajstić information content (AvgIpc) is 1.08. The van der Waals surface area contributed by atoms with Crippen molar-refractivity contribution in [3.63, 3.8) is 0 Å². The van der Waals surface area contributed by atoms with Gasteiger partial charge in [-0.2, -0.15) is 22.8 Å². The van der Waals surface area contributed by atoms with Crippen molar-refractivity contribution in [1.29, 1.82) is 0 Å². The van der Waals surface area contributed by atoms with E-state index in [0.29, 0.717) is 22.4 Å². The first-order valence-electron chi connectivity index (χ1n) is 32.7. The quantitative estimate of drug-likeness (QED) is 0.153. The number of rotatable bonds is 5. The van der Waals surface area contributed by atoms with E-state index < -0.39 is 13.7 Å². The molecule has 5 aromatic carbocycles. The molecule has 0 aliphatic rings. The Morgan fingerprint density at radius 1 is 0.247 bits per heavy atom. The molecule has 10 rings (SSSR count). The SMILES string of the molecule is Cc1ccc(-c2ccc(C)c(C)[n+]2C)c(C)c1.Cc1cccc(-c2ccc(C)c(C)[n+]2C)c1C.Cc1ccccc1-c1c(C)c(C)cc(C)[n+]1C.Cc1ccccc1-c1c(C)c(C)cc(C)[n+]1C.[2H]C([2H])([2H])c1cccc(-c2ccc(C([2H])([2H])[2H])c(C)[n+]2C)c1C. The highest BCUT2D eigenvalue weighted by atomic mass is 15.0. The lowest BCUT2D eigenvalue weighted by molar-refractivity contribution is -0.667. The normalized spacial score (nSPS) is 12.0. The summed E-state index contributed by atoms with van der Waals surface area (Å²) < 4.78 is 56.6. The second-order valence-corrected chi connectivity index (χ2v) is 23.5. The predicted molar refractivity (Wildman–Crippen MR) is 360 cm³/mol. The van der Waals surface area contributed by atoms with Gasteiger partial charge in [-0.25, -0.2) is 0 Å². The minimum Gasteiger partial charge on any atom is -0.198 e. The van der Waals surface area contributed by atoms with Gasteiger partial charge in [-0.1, -0.05) is 78.4 Å². The first-order valence-corrected chi connectivity index (χ1v) is 29.7. The molecular weight excluding hydrogens is 1030 g/mol. The third kappa shape index (κ3) is 15.0. The Hall–Kier alpha value is -8.15. The molecule has 85 heavy (non-hydrogen) atoms. The van der Waals surface area contributed by atoms with Crippen LogP contribution in [0, 0.1) is 138 Å². The molecule has 0 saturated carbocycles. The van der Waals surface area contributed by atoms with Crippen molar-refractivity contribution in [2.45, 2.75) is 138 Å². The van der Waals surface area contributed by atoms with Crippen LogP contribution in [0.3, 0.4) is 0 Å². The Morgan fingerprint density at radius 3 is 1.01 bits per heavy atom. The highest BCUT2D eigenvalue weighted by Crippen LogP contribution is 2.29. The summed E-state index contributed by atoms with van der Waals surface area (Å²) in [5, 5.41) is 0. The fourth-order valence-electron chi connectivity index (χ4n) is 11.1. The molecule has 440 valence electrons. The molecule has 0 spiro atoms. The Kier molecular flexibility index (Phi) is 19.3. The lowest BCUT2D eigenvalue weighted by Gasteiger charge is -2.10. The van der Waals surface area contributed by atoms with E-state index >= 15 is 0 Å². The monoisotopic (exact) mass is 1140 g/mol. The first-order chi connectivity index (χ1) is 42.5. The molecule has 0 saturated heterocycles. The van der Waals surface area contributed by atoms with Gasteiger partial charge in [0.15, 0.2) is 28.5 Å². The number of aryl methyl sites for hydroxylation is 13. The molecule has 5 aromatic heterocycles. The van der Waals surface area contributed by atoms with E-state index in [0.717, 1.165) is 11.3 Å². The summed E-state index contributed by atoms with van der Waals surface area (Å²) in [4.78, 5) is 0. The predicted octanol–water partition coefficient (Wildman–Crippen LogP) is 17.1. The van der Waals surface area contributed by atoms with Crippen molar-refractivity contribution in [3.05, 3.63) is 264 Å². The van der Waals surface area contributed by atoms with Crippen LogP contribution in [0.4, 0.5) is 0 Å². The second-order valence-electron chi connectivity index (χ2n) is 23.5. The van der Waals surface area contributed by atoms with E-state index in [4.69, 9.17) is 8.22 Å². The zero-order valence-corrected chi connectivity index (χ0v) is 55.7. The third-order valence-corrected chi connectivity index (χ3v) is 17.9. The van der Waals surface area contributed by atoms with Gasteiger partial charge < -0.3 is 0 Å². The van der Waals surface area contributed by atoms with Crippen LogP contribution in [0.25, 0.3) is 56.3 Å². The van der Waals surface area contributed by atoms with Crippen LogP contribution in [0.15, 0.2) is 152 Å².